The van der Waals surface area contributed by atoms with Gasteiger partial charge in [0, 0.05) is 25.2 Å². The first-order valence-corrected chi connectivity index (χ1v) is 10.1. The number of rotatable bonds is 8. The SMILES string of the molecule is COc1cccc(CC(=O)NCCN2C(=O)S/C(=C\c3ccc([N+](=O)[O-])cc3)C2=O)c1. The molecule has 0 bridgehead atoms. The van der Waals surface area contributed by atoms with Gasteiger partial charge in [-0.25, -0.2) is 0 Å². The van der Waals surface area contributed by atoms with Crippen LogP contribution in [-0.4, -0.2) is 47.1 Å². The van der Waals surface area contributed by atoms with E-state index in [1.165, 1.54) is 30.3 Å². The molecule has 31 heavy (non-hydrogen) atoms. The number of hydrogen-bond donors (Lipinski definition) is 1. The van der Waals surface area contributed by atoms with Gasteiger partial charge in [-0.05, 0) is 53.2 Å². The average Bonchev–Trinajstić information content (AvgIpc) is 3.01. The average molecular weight is 441 g/mol. The molecule has 1 heterocycles. The van der Waals surface area contributed by atoms with Crippen molar-refractivity contribution >= 4 is 40.6 Å². The van der Waals surface area contributed by atoms with Gasteiger partial charge in [0.15, 0.2) is 0 Å². The minimum absolute atomic E-state index is 0.0477. The van der Waals surface area contributed by atoms with Gasteiger partial charge >= 0.3 is 0 Å². The molecular formula is C21H19N3O6S. The van der Waals surface area contributed by atoms with Crippen molar-refractivity contribution in [3.63, 3.8) is 0 Å². The van der Waals surface area contributed by atoms with Crippen molar-refractivity contribution in [2.75, 3.05) is 20.2 Å². The zero-order valence-corrected chi connectivity index (χ0v) is 17.4. The van der Waals surface area contributed by atoms with Crippen molar-refractivity contribution in [2.45, 2.75) is 6.42 Å². The van der Waals surface area contributed by atoms with Gasteiger partial charge in [-0.2, -0.15) is 0 Å². The summed E-state index contributed by atoms with van der Waals surface area (Å²) in [6, 6.07) is 12.8. The molecule has 9 nitrogen and oxygen atoms in total. The van der Waals surface area contributed by atoms with E-state index in [9.17, 15) is 24.5 Å². The van der Waals surface area contributed by atoms with E-state index < -0.39 is 16.1 Å². The summed E-state index contributed by atoms with van der Waals surface area (Å²) in [6.07, 6.45) is 1.66. The molecule has 2 aromatic carbocycles. The summed E-state index contributed by atoms with van der Waals surface area (Å²) in [5.74, 6) is -0.0417. The van der Waals surface area contributed by atoms with Crippen LogP contribution in [0.1, 0.15) is 11.1 Å². The molecule has 1 N–H and O–H groups in total. The number of nitrogens with zero attached hydrogens (tertiary/aromatic N) is 2. The van der Waals surface area contributed by atoms with Crippen LogP contribution in [0.5, 0.6) is 5.75 Å². The minimum atomic E-state index is -0.514. The fraction of sp³-hybridized carbons (Fsp3) is 0.190. The molecule has 2 aromatic rings. The maximum absolute atomic E-state index is 12.5. The topological polar surface area (TPSA) is 119 Å². The highest BCUT2D eigenvalue weighted by molar-refractivity contribution is 8.18. The van der Waals surface area contributed by atoms with Crippen molar-refractivity contribution in [1.82, 2.24) is 10.2 Å². The van der Waals surface area contributed by atoms with Crippen LogP contribution in [0.4, 0.5) is 10.5 Å². The number of non-ortho nitro benzene ring substituents is 1. The number of amides is 3. The highest BCUT2D eigenvalue weighted by Gasteiger charge is 2.34. The zero-order valence-electron chi connectivity index (χ0n) is 16.6. The van der Waals surface area contributed by atoms with Gasteiger partial charge in [0.05, 0.1) is 23.4 Å². The second-order valence-corrected chi connectivity index (χ2v) is 7.55. The van der Waals surface area contributed by atoms with E-state index in [0.29, 0.717) is 11.3 Å². The van der Waals surface area contributed by atoms with Crippen LogP contribution >= 0.6 is 11.8 Å². The normalized spacial score (nSPS) is 14.7. The lowest BCUT2D eigenvalue weighted by Crippen LogP contribution is -2.37. The summed E-state index contributed by atoms with van der Waals surface area (Å²) < 4.78 is 5.13. The lowest BCUT2D eigenvalue weighted by atomic mass is 10.1. The van der Waals surface area contributed by atoms with Gasteiger partial charge in [-0.15, -0.1) is 0 Å². The van der Waals surface area contributed by atoms with E-state index >= 15 is 0 Å². The lowest BCUT2D eigenvalue weighted by Gasteiger charge is -2.13. The van der Waals surface area contributed by atoms with Gasteiger partial charge in [0.1, 0.15) is 5.75 Å². The lowest BCUT2D eigenvalue weighted by molar-refractivity contribution is -0.384. The second kappa shape index (κ2) is 9.90. The van der Waals surface area contributed by atoms with E-state index in [1.54, 1.807) is 25.3 Å². The van der Waals surface area contributed by atoms with E-state index in [4.69, 9.17) is 4.74 Å². The van der Waals surface area contributed by atoms with Gasteiger partial charge in [-0.1, -0.05) is 12.1 Å². The Hall–Kier alpha value is -3.66. The molecular weight excluding hydrogens is 422 g/mol. The summed E-state index contributed by atoms with van der Waals surface area (Å²) in [6.45, 7) is 0.178. The molecule has 1 aliphatic heterocycles. The van der Waals surface area contributed by atoms with Crippen LogP contribution in [-0.2, 0) is 16.0 Å². The van der Waals surface area contributed by atoms with E-state index in [1.807, 2.05) is 6.07 Å². The number of imide groups is 1. The number of methoxy groups -OCH3 is 1. The Morgan fingerprint density at radius 3 is 2.65 bits per heavy atom. The molecule has 1 fully saturated rings. The Balaban J connectivity index is 1.53. The van der Waals surface area contributed by atoms with Crippen molar-refractivity contribution in [3.8, 4) is 5.75 Å². The largest absolute Gasteiger partial charge is 0.497 e. The Morgan fingerprint density at radius 2 is 1.97 bits per heavy atom. The molecule has 0 aliphatic carbocycles. The first kappa shape index (κ1) is 22.0. The number of benzene rings is 2. The number of carbonyl (C=O) groups excluding carboxylic acids is 3. The summed E-state index contributed by atoms with van der Waals surface area (Å²) in [5.41, 5.74) is 1.30. The van der Waals surface area contributed by atoms with Crippen LogP contribution in [0.15, 0.2) is 53.4 Å². The number of hydrogen-bond acceptors (Lipinski definition) is 7. The molecule has 0 unspecified atom stereocenters. The highest BCUT2D eigenvalue weighted by Crippen LogP contribution is 2.32. The predicted octanol–water partition coefficient (Wildman–Crippen LogP) is 3.00. The van der Waals surface area contributed by atoms with Crippen molar-refractivity contribution in [3.05, 3.63) is 74.7 Å². The third-order valence-corrected chi connectivity index (χ3v) is 5.34. The molecule has 0 saturated carbocycles. The van der Waals surface area contributed by atoms with Crippen molar-refractivity contribution in [1.29, 1.82) is 0 Å². The molecule has 10 heteroatoms. The monoisotopic (exact) mass is 441 g/mol. The Labute approximate surface area is 182 Å². The van der Waals surface area contributed by atoms with Crippen LogP contribution in [0.3, 0.4) is 0 Å². The number of nitro groups is 1. The molecule has 0 spiro atoms. The molecule has 0 atom stereocenters. The quantitative estimate of drug-likeness (QED) is 0.380. The Bertz CT molecular complexity index is 1050. The first-order valence-electron chi connectivity index (χ1n) is 9.27. The molecule has 3 amide bonds. The molecule has 1 aliphatic rings. The second-order valence-electron chi connectivity index (χ2n) is 6.56. The number of nitro benzene ring substituents is 1. The fourth-order valence-electron chi connectivity index (χ4n) is 2.87. The molecule has 160 valence electrons. The van der Waals surface area contributed by atoms with Gasteiger partial charge < -0.3 is 10.1 Å². The maximum Gasteiger partial charge on any atom is 0.293 e. The summed E-state index contributed by atoms with van der Waals surface area (Å²) >= 11 is 0.791. The smallest absolute Gasteiger partial charge is 0.293 e. The van der Waals surface area contributed by atoms with Gasteiger partial charge in [0.2, 0.25) is 5.91 Å². The minimum Gasteiger partial charge on any atom is -0.497 e. The first-order chi connectivity index (χ1) is 14.9. The molecule has 0 aromatic heterocycles. The maximum atomic E-state index is 12.5. The molecule has 3 rings (SSSR count). The Kier molecular flexibility index (Phi) is 7.03. The third kappa shape index (κ3) is 5.70. The van der Waals surface area contributed by atoms with E-state index in [-0.39, 0.29) is 36.0 Å². The number of nitrogens with one attached hydrogen (secondary N) is 1. The van der Waals surface area contributed by atoms with Crippen LogP contribution < -0.4 is 10.1 Å². The van der Waals surface area contributed by atoms with Crippen molar-refractivity contribution < 1.29 is 24.0 Å². The molecule has 0 radical (unpaired) electrons. The third-order valence-electron chi connectivity index (χ3n) is 4.43. The van der Waals surface area contributed by atoms with E-state index in [0.717, 1.165) is 22.2 Å². The van der Waals surface area contributed by atoms with Crippen molar-refractivity contribution in [2.24, 2.45) is 0 Å². The zero-order chi connectivity index (χ0) is 22.4. The fourth-order valence-corrected chi connectivity index (χ4v) is 3.74. The summed E-state index contributed by atoms with van der Waals surface area (Å²) in [5, 5.41) is 13.0. The standard InChI is InChI=1S/C21H19N3O6S/c1-30-17-4-2-3-15(11-17)13-19(25)22-9-10-23-20(26)18(31-21(23)27)12-14-5-7-16(8-6-14)24(28)29/h2-8,11-12H,9-10,13H2,1H3,(H,22,25)/b18-12-. The predicted molar refractivity (Wildman–Crippen MR) is 115 cm³/mol. The van der Waals surface area contributed by atoms with Crippen LogP contribution in [0, 0.1) is 10.1 Å². The van der Waals surface area contributed by atoms with Crippen LogP contribution in [0.2, 0.25) is 0 Å². The van der Waals surface area contributed by atoms with E-state index in [2.05, 4.69) is 5.32 Å². The summed E-state index contributed by atoms with van der Waals surface area (Å²) in [7, 11) is 1.55. The molecule has 1 saturated heterocycles. The number of ether oxygens (including phenoxy) is 1. The highest BCUT2D eigenvalue weighted by atomic mass is 32.2. The van der Waals surface area contributed by atoms with Gasteiger partial charge in [0.25, 0.3) is 16.8 Å². The number of carbonyl (C=O) groups is 3. The van der Waals surface area contributed by atoms with Crippen LogP contribution in [0.25, 0.3) is 6.08 Å². The van der Waals surface area contributed by atoms with Gasteiger partial charge in [-0.3, -0.25) is 29.4 Å². The Morgan fingerprint density at radius 1 is 1.23 bits per heavy atom. The summed E-state index contributed by atoms with van der Waals surface area (Å²) in [4.78, 5) is 48.3. The number of thioether (sulfide) groups is 1.